The molecule has 1 unspecified atom stereocenters. The Balaban J connectivity index is 1.38. The summed E-state index contributed by atoms with van der Waals surface area (Å²) >= 11 is 0. The third kappa shape index (κ3) is 6.66. The fourth-order valence-corrected chi connectivity index (χ4v) is 3.59. The summed E-state index contributed by atoms with van der Waals surface area (Å²) in [5.74, 6) is -0.266. The number of halogens is 1. The lowest BCUT2D eigenvalue weighted by molar-refractivity contribution is -0.896. The number of nitrogens with zero attached hydrogens (tertiary/aromatic N) is 1. The number of quaternary nitrogens is 2. The van der Waals surface area contributed by atoms with E-state index in [1.54, 1.807) is 12.1 Å². The molecule has 154 valence electrons. The first-order valence-electron chi connectivity index (χ1n) is 10.0. The number of hydrogen-bond acceptors (Lipinski definition) is 2. The number of amides is 2. The van der Waals surface area contributed by atoms with E-state index in [0.717, 1.165) is 29.4 Å². The lowest BCUT2D eigenvalue weighted by Gasteiger charge is -2.32. The fraction of sp³-hybridized carbons (Fsp3) is 0.364. The van der Waals surface area contributed by atoms with Crippen LogP contribution in [0, 0.1) is 5.82 Å². The summed E-state index contributed by atoms with van der Waals surface area (Å²) in [4.78, 5) is 29.0. The van der Waals surface area contributed by atoms with Crippen LogP contribution >= 0.6 is 0 Å². The number of benzene rings is 2. The second-order valence-electron chi connectivity index (χ2n) is 7.66. The van der Waals surface area contributed by atoms with Crippen LogP contribution in [0.15, 0.2) is 54.6 Å². The zero-order valence-electron chi connectivity index (χ0n) is 16.8. The molecule has 1 aliphatic rings. The van der Waals surface area contributed by atoms with Crippen molar-refractivity contribution in [3.63, 3.8) is 0 Å². The van der Waals surface area contributed by atoms with Crippen LogP contribution in [-0.4, -0.2) is 63.0 Å². The van der Waals surface area contributed by atoms with Gasteiger partial charge in [0, 0.05) is 11.3 Å². The average molecular weight is 400 g/mol. The minimum absolute atomic E-state index is 0.0987. The summed E-state index contributed by atoms with van der Waals surface area (Å²) in [6.45, 7) is 4.46. The van der Waals surface area contributed by atoms with Crippen LogP contribution in [0.3, 0.4) is 0 Å². The lowest BCUT2D eigenvalue weighted by Crippen LogP contribution is -3.16. The van der Waals surface area contributed by atoms with Gasteiger partial charge >= 0.3 is 0 Å². The Labute approximate surface area is 170 Å². The molecular weight excluding hydrogens is 371 g/mol. The number of anilines is 1. The van der Waals surface area contributed by atoms with Gasteiger partial charge < -0.3 is 20.0 Å². The van der Waals surface area contributed by atoms with Gasteiger partial charge in [-0.2, -0.15) is 0 Å². The van der Waals surface area contributed by atoms with Crippen molar-refractivity contribution in [2.75, 3.05) is 51.6 Å². The largest absolute Gasteiger partial charge is 0.327 e. The summed E-state index contributed by atoms with van der Waals surface area (Å²) in [7, 11) is 2.03. The molecule has 3 rings (SSSR count). The second kappa shape index (κ2) is 10.1. The van der Waals surface area contributed by atoms with Crippen LogP contribution in [-0.2, 0) is 16.1 Å². The number of nitrogens with one attached hydrogen (secondary N) is 3. The Morgan fingerprint density at radius 2 is 1.72 bits per heavy atom. The molecule has 0 saturated carbocycles. The highest BCUT2D eigenvalue weighted by Gasteiger charge is 2.26. The van der Waals surface area contributed by atoms with Crippen LogP contribution in [0.4, 0.5) is 10.1 Å². The Bertz CT molecular complexity index is 805. The van der Waals surface area contributed by atoms with Gasteiger partial charge in [-0.05, 0) is 24.3 Å². The molecule has 29 heavy (non-hydrogen) atoms. The Morgan fingerprint density at radius 1 is 1.07 bits per heavy atom. The number of carbonyl (C=O) groups excluding carboxylic acids is 2. The molecule has 2 amide bonds. The van der Waals surface area contributed by atoms with E-state index in [0.29, 0.717) is 31.9 Å². The van der Waals surface area contributed by atoms with Gasteiger partial charge in [-0.1, -0.05) is 30.3 Å². The normalized spacial score (nSPS) is 15.7. The highest BCUT2D eigenvalue weighted by atomic mass is 19.1. The average Bonchev–Trinajstić information content (AvgIpc) is 2.71. The predicted octanol–water partition coefficient (Wildman–Crippen LogP) is -0.794. The zero-order chi connectivity index (χ0) is 20.6. The molecule has 1 heterocycles. The molecule has 0 aliphatic carbocycles. The van der Waals surface area contributed by atoms with Gasteiger partial charge in [-0.15, -0.1) is 0 Å². The molecule has 0 bridgehead atoms. The van der Waals surface area contributed by atoms with Crippen molar-refractivity contribution in [2.45, 2.75) is 6.54 Å². The van der Waals surface area contributed by atoms with Crippen molar-refractivity contribution in [1.29, 1.82) is 0 Å². The first kappa shape index (κ1) is 21.0. The SMILES string of the molecule is C[NH+](CC(=O)N1CC[NH+](CC(=O)Nc2ccc(F)cc2)CC1)Cc1ccccc1. The highest BCUT2D eigenvalue weighted by Crippen LogP contribution is 2.07. The van der Waals surface area contributed by atoms with Gasteiger partial charge in [-0.25, -0.2) is 4.39 Å². The van der Waals surface area contributed by atoms with Gasteiger partial charge in [0.1, 0.15) is 12.4 Å². The Hall–Kier alpha value is -2.77. The highest BCUT2D eigenvalue weighted by molar-refractivity contribution is 5.91. The molecule has 7 heteroatoms. The number of likely N-dealkylation sites (N-methyl/N-ethyl adjacent to an activating group) is 1. The maximum absolute atomic E-state index is 12.9. The first-order valence-corrected chi connectivity index (χ1v) is 10.0. The Morgan fingerprint density at radius 3 is 2.38 bits per heavy atom. The van der Waals surface area contributed by atoms with E-state index in [4.69, 9.17) is 0 Å². The molecule has 3 N–H and O–H groups in total. The van der Waals surface area contributed by atoms with Crippen molar-refractivity contribution in [1.82, 2.24) is 4.90 Å². The molecule has 2 aromatic carbocycles. The molecule has 1 aliphatic heterocycles. The number of piperazine rings is 1. The van der Waals surface area contributed by atoms with E-state index in [9.17, 15) is 14.0 Å². The number of carbonyl (C=O) groups is 2. The monoisotopic (exact) mass is 400 g/mol. The molecule has 1 fully saturated rings. The summed E-state index contributed by atoms with van der Waals surface area (Å²) in [5, 5.41) is 2.79. The van der Waals surface area contributed by atoms with Crippen LogP contribution in [0.25, 0.3) is 0 Å². The molecule has 0 radical (unpaired) electrons. The van der Waals surface area contributed by atoms with Crippen molar-refractivity contribution in [2.24, 2.45) is 0 Å². The maximum Gasteiger partial charge on any atom is 0.279 e. The fourth-order valence-electron chi connectivity index (χ4n) is 3.59. The van der Waals surface area contributed by atoms with Crippen LogP contribution in [0.1, 0.15) is 5.56 Å². The lowest BCUT2D eigenvalue weighted by atomic mass is 10.2. The number of rotatable bonds is 7. The van der Waals surface area contributed by atoms with Crippen molar-refractivity contribution >= 4 is 17.5 Å². The maximum atomic E-state index is 12.9. The van der Waals surface area contributed by atoms with E-state index < -0.39 is 0 Å². The summed E-state index contributed by atoms with van der Waals surface area (Å²) in [6, 6.07) is 15.9. The molecule has 0 aromatic heterocycles. The summed E-state index contributed by atoms with van der Waals surface area (Å²) in [6.07, 6.45) is 0. The minimum atomic E-state index is -0.328. The molecule has 1 saturated heterocycles. The van der Waals surface area contributed by atoms with Crippen LogP contribution in [0.5, 0.6) is 0 Å². The minimum Gasteiger partial charge on any atom is -0.327 e. The van der Waals surface area contributed by atoms with E-state index >= 15 is 0 Å². The topological polar surface area (TPSA) is 58.3 Å². The smallest absolute Gasteiger partial charge is 0.279 e. The van der Waals surface area contributed by atoms with Gasteiger partial charge in [0.2, 0.25) is 0 Å². The third-order valence-electron chi connectivity index (χ3n) is 5.16. The van der Waals surface area contributed by atoms with Gasteiger partial charge in [0.05, 0.1) is 33.2 Å². The summed E-state index contributed by atoms with van der Waals surface area (Å²) < 4.78 is 12.9. The van der Waals surface area contributed by atoms with E-state index in [1.165, 1.54) is 17.7 Å². The third-order valence-corrected chi connectivity index (χ3v) is 5.16. The predicted molar refractivity (Wildman–Crippen MR) is 109 cm³/mol. The van der Waals surface area contributed by atoms with E-state index in [2.05, 4.69) is 17.4 Å². The molecule has 1 atom stereocenters. The van der Waals surface area contributed by atoms with Gasteiger partial charge in [0.15, 0.2) is 13.1 Å². The molecule has 0 spiro atoms. The van der Waals surface area contributed by atoms with Crippen LogP contribution < -0.4 is 15.1 Å². The van der Waals surface area contributed by atoms with Gasteiger partial charge in [-0.3, -0.25) is 9.59 Å². The van der Waals surface area contributed by atoms with Crippen molar-refractivity contribution < 1.29 is 23.8 Å². The van der Waals surface area contributed by atoms with E-state index in [-0.39, 0.29) is 17.6 Å². The second-order valence-corrected chi connectivity index (χ2v) is 7.66. The van der Waals surface area contributed by atoms with Crippen molar-refractivity contribution in [3.05, 3.63) is 66.0 Å². The van der Waals surface area contributed by atoms with Crippen LogP contribution in [0.2, 0.25) is 0 Å². The van der Waals surface area contributed by atoms with E-state index in [1.807, 2.05) is 30.1 Å². The van der Waals surface area contributed by atoms with Crippen molar-refractivity contribution in [3.8, 4) is 0 Å². The standard InChI is InChI=1S/C22H27FN4O2/c1-25(15-18-5-3-2-4-6-18)17-22(29)27-13-11-26(12-14-27)16-21(28)24-20-9-7-19(23)8-10-20/h2-10H,11-17H2,1H3,(H,24,28)/p+2. The summed E-state index contributed by atoms with van der Waals surface area (Å²) in [5.41, 5.74) is 1.81. The quantitative estimate of drug-likeness (QED) is 0.571. The Kier molecular flexibility index (Phi) is 7.32. The molecule has 6 nitrogen and oxygen atoms in total. The zero-order valence-corrected chi connectivity index (χ0v) is 16.8. The first-order chi connectivity index (χ1) is 14.0. The molecular formula is C22H29FN4O2+2. The molecule has 2 aromatic rings. The van der Waals surface area contributed by atoms with Gasteiger partial charge in [0.25, 0.3) is 11.8 Å². The number of hydrogen-bond donors (Lipinski definition) is 3.